The standard InChI is InChI=1S/C20H29N3O7S/c1-3-17(24)21-11-13-22(14-12-21)19(25)15-7-9-23(10-8-15)31(27,28)18-6-5-16(30-18)20(26)29-4-2/h5-6,15H,3-4,7-14H2,1-2H3. The third-order valence-electron chi connectivity index (χ3n) is 5.70. The molecule has 2 aliphatic rings. The molecule has 0 bridgehead atoms. The summed E-state index contributed by atoms with van der Waals surface area (Å²) in [5.74, 6) is -1.01. The molecule has 0 aliphatic carbocycles. The van der Waals surface area contributed by atoms with Crippen molar-refractivity contribution < 1.29 is 32.0 Å². The fourth-order valence-corrected chi connectivity index (χ4v) is 5.28. The van der Waals surface area contributed by atoms with Crippen LogP contribution in [0, 0.1) is 5.92 Å². The van der Waals surface area contributed by atoms with E-state index >= 15 is 0 Å². The number of carbonyl (C=O) groups is 3. The van der Waals surface area contributed by atoms with Gasteiger partial charge in [0.1, 0.15) is 0 Å². The first-order valence-electron chi connectivity index (χ1n) is 10.6. The maximum atomic E-state index is 12.8. The minimum Gasteiger partial charge on any atom is -0.460 e. The van der Waals surface area contributed by atoms with Gasteiger partial charge in [-0.3, -0.25) is 9.59 Å². The zero-order valence-corrected chi connectivity index (χ0v) is 18.7. The molecule has 1 aromatic rings. The van der Waals surface area contributed by atoms with E-state index in [9.17, 15) is 22.8 Å². The van der Waals surface area contributed by atoms with Gasteiger partial charge in [-0.15, -0.1) is 0 Å². The first kappa shape index (κ1) is 23.3. The number of sulfonamides is 1. The van der Waals surface area contributed by atoms with Crippen molar-refractivity contribution in [2.75, 3.05) is 45.9 Å². The molecule has 10 nitrogen and oxygen atoms in total. The van der Waals surface area contributed by atoms with Crippen molar-refractivity contribution in [3.05, 3.63) is 17.9 Å². The number of piperazine rings is 1. The zero-order valence-electron chi connectivity index (χ0n) is 17.9. The number of furan rings is 1. The van der Waals surface area contributed by atoms with Crippen LogP contribution < -0.4 is 0 Å². The molecular weight excluding hydrogens is 426 g/mol. The largest absolute Gasteiger partial charge is 0.460 e. The summed E-state index contributed by atoms with van der Waals surface area (Å²) >= 11 is 0. The van der Waals surface area contributed by atoms with Gasteiger partial charge in [0.2, 0.25) is 22.7 Å². The lowest BCUT2D eigenvalue weighted by molar-refractivity contribution is -0.142. The molecule has 11 heteroatoms. The number of carbonyl (C=O) groups excluding carboxylic acids is 3. The minimum atomic E-state index is -3.89. The highest BCUT2D eigenvalue weighted by molar-refractivity contribution is 7.89. The van der Waals surface area contributed by atoms with Crippen LogP contribution in [0.3, 0.4) is 0 Å². The van der Waals surface area contributed by atoms with Gasteiger partial charge in [0.15, 0.2) is 0 Å². The van der Waals surface area contributed by atoms with Crippen molar-refractivity contribution in [1.29, 1.82) is 0 Å². The van der Waals surface area contributed by atoms with Crippen molar-refractivity contribution in [3.8, 4) is 0 Å². The van der Waals surface area contributed by atoms with Gasteiger partial charge in [-0.05, 0) is 31.9 Å². The predicted molar refractivity (Wildman–Crippen MR) is 110 cm³/mol. The summed E-state index contributed by atoms with van der Waals surface area (Å²) in [5.41, 5.74) is 0. The Hall–Kier alpha value is -2.40. The van der Waals surface area contributed by atoms with Crippen molar-refractivity contribution in [2.45, 2.75) is 38.2 Å². The number of hydrogen-bond acceptors (Lipinski definition) is 7. The van der Waals surface area contributed by atoms with E-state index in [1.165, 1.54) is 16.4 Å². The molecule has 0 aromatic carbocycles. The van der Waals surface area contributed by atoms with Gasteiger partial charge in [-0.1, -0.05) is 6.92 Å². The maximum Gasteiger partial charge on any atom is 0.374 e. The molecular formula is C20H29N3O7S. The molecule has 0 N–H and O–H groups in total. The molecule has 2 fully saturated rings. The van der Waals surface area contributed by atoms with Crippen LogP contribution in [0.25, 0.3) is 0 Å². The van der Waals surface area contributed by atoms with Gasteiger partial charge in [0.25, 0.3) is 10.0 Å². The molecule has 3 rings (SSSR count). The molecule has 0 spiro atoms. The second-order valence-electron chi connectivity index (χ2n) is 7.58. The fraction of sp³-hybridized carbons (Fsp3) is 0.650. The molecule has 0 saturated carbocycles. The zero-order chi connectivity index (χ0) is 22.6. The molecule has 1 aromatic heterocycles. The summed E-state index contributed by atoms with van der Waals surface area (Å²) in [6.07, 6.45) is 1.28. The van der Waals surface area contributed by atoms with E-state index in [-0.39, 0.29) is 48.3 Å². The smallest absolute Gasteiger partial charge is 0.374 e. The average Bonchev–Trinajstić information content (AvgIpc) is 3.30. The third-order valence-corrected chi connectivity index (χ3v) is 7.47. The topological polar surface area (TPSA) is 117 Å². The first-order valence-corrected chi connectivity index (χ1v) is 12.1. The number of rotatable bonds is 6. The van der Waals surface area contributed by atoms with E-state index in [0.29, 0.717) is 45.4 Å². The van der Waals surface area contributed by atoms with E-state index < -0.39 is 16.0 Å². The van der Waals surface area contributed by atoms with Crippen molar-refractivity contribution in [2.24, 2.45) is 5.92 Å². The predicted octanol–water partition coefficient (Wildman–Crippen LogP) is 0.938. The van der Waals surface area contributed by atoms with Crippen LogP contribution in [0.2, 0.25) is 0 Å². The van der Waals surface area contributed by atoms with Gasteiger partial charge in [0.05, 0.1) is 6.61 Å². The molecule has 3 heterocycles. The first-order chi connectivity index (χ1) is 14.8. The number of hydrogen-bond donors (Lipinski definition) is 0. The van der Waals surface area contributed by atoms with E-state index in [1.54, 1.807) is 16.7 Å². The molecule has 2 saturated heterocycles. The number of esters is 1. The van der Waals surface area contributed by atoms with Crippen molar-refractivity contribution in [3.63, 3.8) is 0 Å². The summed E-state index contributed by atoms with van der Waals surface area (Å²) in [4.78, 5) is 39.9. The van der Waals surface area contributed by atoms with Crippen LogP contribution in [0.1, 0.15) is 43.7 Å². The molecule has 0 radical (unpaired) electrons. The van der Waals surface area contributed by atoms with E-state index in [0.717, 1.165) is 0 Å². The normalized spacial score (nSPS) is 18.8. The number of amides is 2. The second kappa shape index (κ2) is 9.82. The van der Waals surface area contributed by atoms with Gasteiger partial charge in [0, 0.05) is 51.6 Å². The SMILES string of the molecule is CCOC(=O)c1ccc(S(=O)(=O)N2CCC(C(=O)N3CCN(C(=O)CC)CC3)CC2)o1. The van der Waals surface area contributed by atoms with Gasteiger partial charge < -0.3 is 19.0 Å². The number of nitrogens with zero attached hydrogens (tertiary/aromatic N) is 3. The van der Waals surface area contributed by atoms with Crippen LogP contribution in [0.5, 0.6) is 0 Å². The van der Waals surface area contributed by atoms with Crippen LogP contribution >= 0.6 is 0 Å². The number of piperidine rings is 1. The highest BCUT2D eigenvalue weighted by atomic mass is 32.2. The Bertz CT molecular complexity index is 911. The lowest BCUT2D eigenvalue weighted by atomic mass is 9.96. The Balaban J connectivity index is 1.55. The highest BCUT2D eigenvalue weighted by Gasteiger charge is 2.36. The van der Waals surface area contributed by atoms with Crippen LogP contribution in [0.15, 0.2) is 21.6 Å². The molecule has 2 amide bonds. The highest BCUT2D eigenvalue weighted by Crippen LogP contribution is 2.26. The fourth-order valence-electron chi connectivity index (χ4n) is 3.90. The van der Waals surface area contributed by atoms with Gasteiger partial charge in [-0.25, -0.2) is 13.2 Å². The van der Waals surface area contributed by atoms with Crippen LogP contribution in [-0.4, -0.2) is 86.2 Å². The van der Waals surface area contributed by atoms with Crippen LogP contribution in [0.4, 0.5) is 0 Å². The Labute approximate surface area is 182 Å². The van der Waals surface area contributed by atoms with E-state index in [1.807, 2.05) is 6.92 Å². The summed E-state index contributed by atoms with van der Waals surface area (Å²) in [6, 6.07) is 2.53. The molecule has 0 unspecified atom stereocenters. The van der Waals surface area contributed by atoms with Gasteiger partial charge in [-0.2, -0.15) is 4.31 Å². The average molecular weight is 456 g/mol. The summed E-state index contributed by atoms with van der Waals surface area (Å²) < 4.78 is 37.0. The minimum absolute atomic E-state index is 0.0169. The van der Waals surface area contributed by atoms with E-state index in [2.05, 4.69) is 0 Å². The monoisotopic (exact) mass is 455 g/mol. The Kier molecular flexibility index (Phi) is 7.37. The molecule has 172 valence electrons. The van der Waals surface area contributed by atoms with Crippen LogP contribution in [-0.2, 0) is 24.3 Å². The van der Waals surface area contributed by atoms with Crippen molar-refractivity contribution in [1.82, 2.24) is 14.1 Å². The Morgan fingerprint density at radius 2 is 1.61 bits per heavy atom. The third kappa shape index (κ3) is 5.09. The summed E-state index contributed by atoms with van der Waals surface area (Å²) in [5, 5.41) is -0.308. The maximum absolute atomic E-state index is 12.8. The second-order valence-corrected chi connectivity index (χ2v) is 9.45. The Morgan fingerprint density at radius 1 is 1.00 bits per heavy atom. The van der Waals surface area contributed by atoms with Crippen molar-refractivity contribution >= 4 is 27.8 Å². The quantitative estimate of drug-likeness (QED) is 0.586. The Morgan fingerprint density at radius 3 is 2.19 bits per heavy atom. The molecule has 31 heavy (non-hydrogen) atoms. The summed E-state index contributed by atoms with van der Waals surface area (Å²) in [6.45, 7) is 6.10. The lowest BCUT2D eigenvalue weighted by Gasteiger charge is -2.38. The lowest BCUT2D eigenvalue weighted by Crippen LogP contribution is -2.53. The molecule has 2 aliphatic heterocycles. The van der Waals surface area contributed by atoms with E-state index in [4.69, 9.17) is 9.15 Å². The summed E-state index contributed by atoms with van der Waals surface area (Å²) in [7, 11) is -3.89. The number of ether oxygens (including phenoxy) is 1. The van der Waals surface area contributed by atoms with Gasteiger partial charge >= 0.3 is 5.97 Å². The molecule has 0 atom stereocenters.